The van der Waals surface area contributed by atoms with Crippen molar-refractivity contribution in [2.75, 3.05) is 20.8 Å². The Kier molecular flexibility index (Phi) is 6.40. The van der Waals surface area contributed by atoms with Gasteiger partial charge in [-0.25, -0.2) is 17.5 Å². The standard InChI is InChI=1S/C20H20FN3O4S/c1-27-18-12-19(28-2)24-20(23-18)17(14-7-6-8-15(21)11-14)13-22-29(25,26)16-9-4-3-5-10-16/h3-12,17,22H,13H2,1-2H3. The average Bonchev–Trinajstić information content (AvgIpc) is 2.74. The summed E-state index contributed by atoms with van der Waals surface area (Å²) in [6.07, 6.45) is 0. The number of nitrogens with zero attached hydrogens (tertiary/aromatic N) is 2. The molecule has 2 aromatic carbocycles. The molecule has 1 aromatic heterocycles. The summed E-state index contributed by atoms with van der Waals surface area (Å²) in [7, 11) is -0.884. The van der Waals surface area contributed by atoms with Crippen LogP contribution in [0.3, 0.4) is 0 Å². The van der Waals surface area contributed by atoms with Crippen LogP contribution in [-0.2, 0) is 10.0 Å². The van der Waals surface area contributed by atoms with Gasteiger partial charge >= 0.3 is 0 Å². The Balaban J connectivity index is 1.99. The molecule has 0 radical (unpaired) electrons. The van der Waals surface area contributed by atoms with E-state index in [0.717, 1.165) is 0 Å². The molecule has 0 saturated heterocycles. The monoisotopic (exact) mass is 417 g/mol. The highest BCUT2D eigenvalue weighted by molar-refractivity contribution is 7.89. The summed E-state index contributed by atoms with van der Waals surface area (Å²) in [4.78, 5) is 8.75. The number of ether oxygens (including phenoxy) is 2. The zero-order valence-electron chi connectivity index (χ0n) is 15.9. The van der Waals surface area contributed by atoms with Crippen molar-refractivity contribution in [3.8, 4) is 11.8 Å². The summed E-state index contributed by atoms with van der Waals surface area (Å²) in [6, 6.07) is 15.3. The Morgan fingerprint density at radius 2 is 1.62 bits per heavy atom. The first-order chi connectivity index (χ1) is 13.9. The number of halogens is 1. The number of hydrogen-bond donors (Lipinski definition) is 1. The number of sulfonamides is 1. The van der Waals surface area contributed by atoms with Crippen LogP contribution in [0.2, 0.25) is 0 Å². The normalized spacial score (nSPS) is 12.4. The summed E-state index contributed by atoms with van der Waals surface area (Å²) < 4.78 is 52.0. The average molecular weight is 417 g/mol. The number of benzene rings is 2. The van der Waals surface area contributed by atoms with Gasteiger partial charge in [-0.3, -0.25) is 0 Å². The molecular formula is C20H20FN3O4S. The number of rotatable bonds is 8. The maximum atomic E-state index is 13.8. The highest BCUT2D eigenvalue weighted by atomic mass is 32.2. The van der Waals surface area contributed by atoms with E-state index in [4.69, 9.17) is 9.47 Å². The smallest absolute Gasteiger partial charge is 0.240 e. The van der Waals surface area contributed by atoms with Crippen LogP contribution in [0.1, 0.15) is 17.3 Å². The van der Waals surface area contributed by atoms with Crippen LogP contribution in [0.5, 0.6) is 11.8 Å². The van der Waals surface area contributed by atoms with Gasteiger partial charge in [0.15, 0.2) is 0 Å². The first-order valence-electron chi connectivity index (χ1n) is 8.70. The van der Waals surface area contributed by atoms with Crippen molar-refractivity contribution >= 4 is 10.0 Å². The maximum absolute atomic E-state index is 13.8. The molecule has 1 atom stereocenters. The molecule has 0 bridgehead atoms. The minimum Gasteiger partial charge on any atom is -0.481 e. The second-order valence-electron chi connectivity index (χ2n) is 6.08. The third-order valence-corrected chi connectivity index (χ3v) is 5.65. The van der Waals surface area contributed by atoms with Gasteiger partial charge < -0.3 is 9.47 Å². The van der Waals surface area contributed by atoms with Crippen molar-refractivity contribution < 1.29 is 22.3 Å². The van der Waals surface area contributed by atoms with Crippen LogP contribution in [-0.4, -0.2) is 39.2 Å². The lowest BCUT2D eigenvalue weighted by Crippen LogP contribution is -2.30. The summed E-state index contributed by atoms with van der Waals surface area (Å²) in [5, 5.41) is 0. The Morgan fingerprint density at radius 1 is 0.966 bits per heavy atom. The summed E-state index contributed by atoms with van der Waals surface area (Å²) >= 11 is 0. The van der Waals surface area contributed by atoms with Gasteiger partial charge in [0, 0.05) is 6.54 Å². The Morgan fingerprint density at radius 3 is 2.21 bits per heavy atom. The van der Waals surface area contributed by atoms with Crippen LogP contribution in [0.4, 0.5) is 4.39 Å². The second-order valence-corrected chi connectivity index (χ2v) is 7.85. The van der Waals surface area contributed by atoms with Crippen LogP contribution in [0, 0.1) is 5.82 Å². The summed E-state index contributed by atoms with van der Waals surface area (Å²) in [6.45, 7) is -0.0863. The van der Waals surface area contributed by atoms with Crippen LogP contribution in [0.25, 0.3) is 0 Å². The van der Waals surface area contributed by atoms with Crippen molar-refractivity contribution in [3.05, 3.63) is 77.9 Å². The highest BCUT2D eigenvalue weighted by Gasteiger charge is 2.23. The predicted octanol–water partition coefficient (Wildman–Crippen LogP) is 2.74. The fraction of sp³-hybridized carbons (Fsp3) is 0.200. The zero-order chi connectivity index (χ0) is 20.9. The van der Waals surface area contributed by atoms with Gasteiger partial charge in [0.1, 0.15) is 11.6 Å². The van der Waals surface area contributed by atoms with E-state index in [-0.39, 0.29) is 29.0 Å². The Bertz CT molecular complexity index is 1060. The molecule has 3 rings (SSSR count). The molecule has 1 heterocycles. The minimum atomic E-state index is -3.77. The van der Waals surface area contributed by atoms with E-state index < -0.39 is 21.8 Å². The molecule has 0 aliphatic heterocycles. The first-order valence-corrected chi connectivity index (χ1v) is 10.2. The Labute approximate surface area is 168 Å². The molecule has 1 N–H and O–H groups in total. The fourth-order valence-electron chi connectivity index (χ4n) is 2.74. The molecule has 152 valence electrons. The lowest BCUT2D eigenvalue weighted by atomic mass is 9.98. The van der Waals surface area contributed by atoms with Crippen LogP contribution < -0.4 is 14.2 Å². The van der Waals surface area contributed by atoms with E-state index in [2.05, 4.69) is 14.7 Å². The van der Waals surface area contributed by atoms with Crippen molar-refractivity contribution in [2.45, 2.75) is 10.8 Å². The van der Waals surface area contributed by atoms with Crippen molar-refractivity contribution in [1.29, 1.82) is 0 Å². The number of hydrogen-bond acceptors (Lipinski definition) is 6. The predicted molar refractivity (Wildman–Crippen MR) is 105 cm³/mol. The van der Waals surface area contributed by atoms with Gasteiger partial charge in [0.2, 0.25) is 21.8 Å². The quantitative estimate of drug-likeness (QED) is 0.606. The van der Waals surface area contributed by atoms with E-state index in [0.29, 0.717) is 5.56 Å². The molecule has 0 amide bonds. The molecule has 0 spiro atoms. The van der Waals surface area contributed by atoms with Crippen LogP contribution in [0.15, 0.2) is 65.6 Å². The van der Waals surface area contributed by atoms with Crippen molar-refractivity contribution in [3.63, 3.8) is 0 Å². The molecule has 0 fully saturated rings. The lowest BCUT2D eigenvalue weighted by Gasteiger charge is -2.18. The molecule has 29 heavy (non-hydrogen) atoms. The number of methoxy groups -OCH3 is 2. The number of aromatic nitrogens is 2. The van der Waals surface area contributed by atoms with Gasteiger partial charge in [-0.2, -0.15) is 9.97 Å². The lowest BCUT2D eigenvalue weighted by molar-refractivity contribution is 0.366. The third-order valence-electron chi connectivity index (χ3n) is 4.21. The van der Waals surface area contributed by atoms with E-state index in [9.17, 15) is 12.8 Å². The second kappa shape index (κ2) is 8.97. The Hall–Kier alpha value is -3.04. The van der Waals surface area contributed by atoms with Gasteiger partial charge in [-0.15, -0.1) is 0 Å². The largest absolute Gasteiger partial charge is 0.481 e. The zero-order valence-corrected chi connectivity index (χ0v) is 16.7. The van der Waals surface area contributed by atoms with Crippen molar-refractivity contribution in [1.82, 2.24) is 14.7 Å². The summed E-state index contributed by atoms with van der Waals surface area (Å²) in [5.74, 6) is -0.387. The van der Waals surface area contributed by atoms with Crippen LogP contribution >= 0.6 is 0 Å². The molecule has 0 saturated carbocycles. The first kappa shape index (κ1) is 20.7. The third kappa shape index (κ3) is 5.07. The number of nitrogens with one attached hydrogen (secondary N) is 1. The van der Waals surface area contributed by atoms with E-state index >= 15 is 0 Å². The van der Waals surface area contributed by atoms with Gasteiger partial charge in [0.05, 0.1) is 31.1 Å². The summed E-state index contributed by atoms with van der Waals surface area (Å²) in [5.41, 5.74) is 0.510. The van der Waals surface area contributed by atoms with E-state index in [1.807, 2.05) is 0 Å². The van der Waals surface area contributed by atoms with Crippen molar-refractivity contribution in [2.24, 2.45) is 0 Å². The van der Waals surface area contributed by atoms with E-state index in [1.165, 1.54) is 44.6 Å². The molecule has 0 aliphatic carbocycles. The fourth-order valence-corrected chi connectivity index (χ4v) is 3.81. The van der Waals surface area contributed by atoms with Gasteiger partial charge in [-0.05, 0) is 29.8 Å². The van der Waals surface area contributed by atoms with Gasteiger partial charge in [-0.1, -0.05) is 30.3 Å². The molecular weight excluding hydrogens is 397 g/mol. The molecule has 3 aromatic rings. The van der Waals surface area contributed by atoms with Gasteiger partial charge in [0.25, 0.3) is 0 Å². The molecule has 7 nitrogen and oxygen atoms in total. The minimum absolute atomic E-state index is 0.0863. The molecule has 0 aliphatic rings. The molecule has 9 heteroatoms. The topological polar surface area (TPSA) is 90.4 Å². The van der Waals surface area contributed by atoms with E-state index in [1.54, 1.807) is 30.3 Å². The highest BCUT2D eigenvalue weighted by Crippen LogP contribution is 2.26. The SMILES string of the molecule is COc1cc(OC)nc(C(CNS(=O)(=O)c2ccccc2)c2cccc(F)c2)n1. The molecule has 1 unspecified atom stereocenters. The maximum Gasteiger partial charge on any atom is 0.240 e.